The van der Waals surface area contributed by atoms with Crippen LogP contribution in [0.5, 0.6) is 0 Å². The number of benzene rings is 1. The largest absolute Gasteiger partial charge is 0.444 e. The molecule has 170 valence electrons. The third-order valence-electron chi connectivity index (χ3n) is 4.54. The third-order valence-corrected chi connectivity index (χ3v) is 5.57. The zero-order valence-corrected chi connectivity index (χ0v) is 18.8. The Hall–Kier alpha value is -2.17. The van der Waals surface area contributed by atoms with Crippen molar-refractivity contribution in [3.63, 3.8) is 0 Å². The average Bonchev–Trinajstić information content (AvgIpc) is 3.19. The molecule has 1 aliphatic heterocycles. The van der Waals surface area contributed by atoms with E-state index in [9.17, 15) is 9.18 Å². The van der Waals surface area contributed by atoms with Crippen molar-refractivity contribution >= 4 is 17.9 Å². The zero-order valence-electron chi connectivity index (χ0n) is 18.0. The zero-order chi connectivity index (χ0) is 22.4. The number of carbonyl (C=O) groups is 1. The van der Waals surface area contributed by atoms with Gasteiger partial charge in [-0.1, -0.05) is 5.16 Å². The average molecular weight is 454 g/mol. The van der Waals surface area contributed by atoms with Crippen molar-refractivity contribution in [3.05, 3.63) is 29.9 Å². The van der Waals surface area contributed by atoms with Crippen LogP contribution in [0.4, 0.5) is 9.18 Å². The number of aliphatic hydroxyl groups is 1. The highest BCUT2D eigenvalue weighted by molar-refractivity contribution is 7.99. The van der Waals surface area contributed by atoms with Gasteiger partial charge < -0.3 is 24.0 Å². The van der Waals surface area contributed by atoms with E-state index in [2.05, 4.69) is 10.1 Å². The Balaban J connectivity index is 1.48. The molecule has 3 rings (SSSR count). The van der Waals surface area contributed by atoms with Gasteiger partial charge in [0, 0.05) is 29.3 Å². The molecule has 2 heterocycles. The maximum atomic E-state index is 14.2. The van der Waals surface area contributed by atoms with Crippen molar-refractivity contribution in [2.75, 3.05) is 25.4 Å². The highest BCUT2D eigenvalue weighted by atomic mass is 32.2. The summed E-state index contributed by atoms with van der Waals surface area (Å²) in [6, 6.07) is 4.70. The molecule has 1 N–H and O–H groups in total. The van der Waals surface area contributed by atoms with E-state index in [1.807, 2.05) is 20.8 Å². The maximum absolute atomic E-state index is 14.2. The van der Waals surface area contributed by atoms with Crippen LogP contribution in [-0.2, 0) is 16.1 Å². The standard InChI is InChI=1S/C21H28FN3O5S/c1-21(2,3)29-20(27)25-8-6-15(7-9-25)28-13-18-23-19(24-30-18)14-4-5-17(16(22)12-14)31-11-10-26/h4-5,12,15,26H,6-11,13H2,1-3H3. The molecule has 1 amide bonds. The van der Waals surface area contributed by atoms with Crippen LogP contribution in [0.3, 0.4) is 0 Å². The molecule has 1 aromatic heterocycles. The molecule has 0 radical (unpaired) electrons. The Morgan fingerprint density at radius 2 is 2.10 bits per heavy atom. The smallest absolute Gasteiger partial charge is 0.410 e. The van der Waals surface area contributed by atoms with Crippen LogP contribution in [0.2, 0.25) is 0 Å². The molecule has 8 nitrogen and oxygen atoms in total. The van der Waals surface area contributed by atoms with Gasteiger partial charge in [0.15, 0.2) is 0 Å². The van der Waals surface area contributed by atoms with E-state index < -0.39 is 11.4 Å². The van der Waals surface area contributed by atoms with Gasteiger partial charge >= 0.3 is 6.09 Å². The summed E-state index contributed by atoms with van der Waals surface area (Å²) in [6.07, 6.45) is 1.06. The molecule has 1 aromatic carbocycles. The van der Waals surface area contributed by atoms with Crippen LogP contribution in [0, 0.1) is 5.82 Å². The number of hydrogen-bond acceptors (Lipinski definition) is 8. The van der Waals surface area contributed by atoms with Gasteiger partial charge in [0.1, 0.15) is 18.0 Å². The van der Waals surface area contributed by atoms with E-state index in [1.54, 1.807) is 17.0 Å². The number of nitrogens with zero attached hydrogens (tertiary/aromatic N) is 3. The van der Waals surface area contributed by atoms with Crippen molar-refractivity contribution in [1.29, 1.82) is 0 Å². The summed E-state index contributed by atoms with van der Waals surface area (Å²) >= 11 is 1.24. The highest BCUT2D eigenvalue weighted by Gasteiger charge is 2.27. The fourth-order valence-electron chi connectivity index (χ4n) is 3.06. The first-order valence-corrected chi connectivity index (χ1v) is 11.2. The number of halogens is 1. The molecule has 31 heavy (non-hydrogen) atoms. The van der Waals surface area contributed by atoms with Crippen molar-refractivity contribution in [2.24, 2.45) is 0 Å². The van der Waals surface area contributed by atoms with Gasteiger partial charge in [-0.15, -0.1) is 11.8 Å². The molecule has 10 heteroatoms. The predicted octanol–water partition coefficient (Wildman–Crippen LogP) is 3.88. The summed E-state index contributed by atoms with van der Waals surface area (Å²) in [5.41, 5.74) is -0.00627. The molecule has 0 spiro atoms. The fourth-order valence-corrected chi connectivity index (χ4v) is 3.74. The van der Waals surface area contributed by atoms with Crippen molar-refractivity contribution < 1.29 is 28.3 Å². The summed E-state index contributed by atoms with van der Waals surface area (Å²) in [5, 5.41) is 12.8. The normalized spacial score (nSPS) is 15.3. The number of rotatable bonds is 7. The minimum Gasteiger partial charge on any atom is -0.444 e. The summed E-state index contributed by atoms with van der Waals surface area (Å²) in [4.78, 5) is 18.6. The van der Waals surface area contributed by atoms with Crippen LogP contribution in [0.25, 0.3) is 11.4 Å². The van der Waals surface area contributed by atoms with Crippen molar-refractivity contribution in [2.45, 2.75) is 56.8 Å². The van der Waals surface area contributed by atoms with Crippen molar-refractivity contribution in [1.82, 2.24) is 15.0 Å². The molecule has 0 unspecified atom stereocenters. The number of piperidine rings is 1. The van der Waals surface area contributed by atoms with E-state index in [-0.39, 0.29) is 31.2 Å². The van der Waals surface area contributed by atoms with E-state index in [1.165, 1.54) is 17.8 Å². The lowest BCUT2D eigenvalue weighted by Gasteiger charge is -2.33. The van der Waals surface area contributed by atoms with Crippen LogP contribution in [0.1, 0.15) is 39.5 Å². The van der Waals surface area contributed by atoms with Gasteiger partial charge in [0.2, 0.25) is 5.82 Å². The quantitative estimate of drug-likeness (QED) is 0.631. The second-order valence-corrected chi connectivity index (χ2v) is 9.34. The Morgan fingerprint density at radius 3 is 2.74 bits per heavy atom. The third kappa shape index (κ3) is 6.91. The van der Waals surface area contributed by atoms with E-state index >= 15 is 0 Å². The van der Waals surface area contributed by atoms with Crippen molar-refractivity contribution in [3.8, 4) is 11.4 Å². The number of likely N-dealkylation sites (tertiary alicyclic amines) is 1. The molecular weight excluding hydrogens is 425 g/mol. The fraction of sp³-hybridized carbons (Fsp3) is 0.571. The minimum atomic E-state index is -0.512. The van der Waals surface area contributed by atoms with E-state index in [0.717, 1.165) is 0 Å². The van der Waals surface area contributed by atoms with Gasteiger partial charge in [-0.2, -0.15) is 4.98 Å². The maximum Gasteiger partial charge on any atom is 0.410 e. The second kappa shape index (κ2) is 10.4. The number of carbonyl (C=O) groups excluding carboxylic acids is 1. The lowest BCUT2D eigenvalue weighted by Crippen LogP contribution is -2.43. The predicted molar refractivity (Wildman–Crippen MR) is 113 cm³/mol. The van der Waals surface area contributed by atoms with Gasteiger partial charge in [0.25, 0.3) is 5.89 Å². The number of hydrogen-bond donors (Lipinski definition) is 1. The van der Waals surface area contributed by atoms with Crippen LogP contribution in [-0.4, -0.2) is 63.4 Å². The molecule has 0 atom stereocenters. The lowest BCUT2D eigenvalue weighted by molar-refractivity contribution is -0.0231. The SMILES string of the molecule is CC(C)(C)OC(=O)N1CCC(OCc2nc(-c3ccc(SCCO)c(F)c3)no2)CC1. The first-order valence-electron chi connectivity index (χ1n) is 10.2. The monoisotopic (exact) mass is 453 g/mol. The molecule has 1 saturated heterocycles. The number of thioether (sulfide) groups is 1. The molecule has 1 fully saturated rings. The van der Waals surface area contributed by atoms with Gasteiger partial charge in [0.05, 0.1) is 12.7 Å². The molecule has 0 bridgehead atoms. The summed E-state index contributed by atoms with van der Waals surface area (Å²) in [5.74, 6) is 0.631. The number of amides is 1. The molecular formula is C21H28FN3O5S. The molecule has 2 aromatic rings. The van der Waals surface area contributed by atoms with Crippen LogP contribution >= 0.6 is 11.8 Å². The molecule has 1 aliphatic rings. The number of ether oxygens (including phenoxy) is 2. The molecule has 0 aliphatic carbocycles. The van der Waals surface area contributed by atoms with E-state index in [4.69, 9.17) is 19.1 Å². The number of aliphatic hydroxyl groups excluding tert-OH is 1. The van der Waals surface area contributed by atoms with E-state index in [0.29, 0.717) is 48.0 Å². The van der Waals surface area contributed by atoms with Crippen LogP contribution < -0.4 is 0 Å². The van der Waals surface area contributed by atoms with Gasteiger partial charge in [-0.25, -0.2) is 9.18 Å². The Kier molecular flexibility index (Phi) is 7.90. The Morgan fingerprint density at radius 1 is 1.35 bits per heavy atom. The second-order valence-electron chi connectivity index (χ2n) is 8.21. The summed E-state index contributed by atoms with van der Waals surface area (Å²) in [7, 11) is 0. The highest BCUT2D eigenvalue weighted by Crippen LogP contribution is 2.26. The van der Waals surface area contributed by atoms with Gasteiger partial charge in [-0.05, 0) is 51.8 Å². The first-order chi connectivity index (χ1) is 14.7. The Bertz CT molecular complexity index is 878. The lowest BCUT2D eigenvalue weighted by atomic mass is 10.1. The topological polar surface area (TPSA) is 97.9 Å². The Labute approximate surface area is 185 Å². The van der Waals surface area contributed by atoms with Gasteiger partial charge in [-0.3, -0.25) is 0 Å². The first kappa shape index (κ1) is 23.5. The minimum absolute atomic E-state index is 0.0138. The molecule has 0 saturated carbocycles. The summed E-state index contributed by atoms with van der Waals surface area (Å²) < 4.78 is 30.7. The number of aromatic nitrogens is 2. The summed E-state index contributed by atoms with van der Waals surface area (Å²) in [6.45, 7) is 6.80. The van der Waals surface area contributed by atoms with Crippen LogP contribution in [0.15, 0.2) is 27.6 Å².